The van der Waals surface area contributed by atoms with Crippen molar-refractivity contribution in [3.05, 3.63) is 18.2 Å². The number of nitrogens with zero attached hydrogens (tertiary/aromatic N) is 3. The summed E-state index contributed by atoms with van der Waals surface area (Å²) in [5.74, 6) is -0.644. The predicted octanol–water partition coefficient (Wildman–Crippen LogP) is -1.19. The molecule has 3 amide bonds. The maximum atomic E-state index is 12.4. The van der Waals surface area contributed by atoms with Crippen LogP contribution < -0.4 is 20.4 Å². The van der Waals surface area contributed by atoms with Gasteiger partial charge >= 0.3 is 6.03 Å². The van der Waals surface area contributed by atoms with Crippen molar-refractivity contribution < 1.29 is 30.0 Å². The number of fused-ring (bicyclic) bond motifs is 2. The Bertz CT molecular complexity index is 887. The van der Waals surface area contributed by atoms with Gasteiger partial charge in [0.25, 0.3) is 5.91 Å². The van der Waals surface area contributed by atoms with Crippen LogP contribution in [-0.2, 0) is 4.79 Å². The largest absolute Gasteiger partial charge is 0.394 e. The van der Waals surface area contributed by atoms with Crippen LogP contribution in [0.4, 0.5) is 21.9 Å². The molecule has 2 fully saturated rings. The minimum Gasteiger partial charge on any atom is -0.394 e. The van der Waals surface area contributed by atoms with E-state index >= 15 is 0 Å². The molecular formula is C20H27N5O6. The summed E-state index contributed by atoms with van der Waals surface area (Å²) in [6, 6.07) is 4.90. The third-order valence-electron chi connectivity index (χ3n) is 5.89. The normalized spacial score (nSPS) is 23.7. The fourth-order valence-corrected chi connectivity index (χ4v) is 4.19. The molecule has 3 heterocycles. The van der Waals surface area contributed by atoms with Crippen LogP contribution in [0, 0.1) is 0 Å². The highest BCUT2D eigenvalue weighted by Crippen LogP contribution is 2.38. The van der Waals surface area contributed by atoms with E-state index in [9.17, 15) is 24.9 Å². The maximum absolute atomic E-state index is 12.4. The number of benzene rings is 1. The number of β-amino-alcohol motifs (C(OH)–C–C–N with tert-alkyl or cyclic N) is 1. The molecule has 2 saturated heterocycles. The molecule has 1 aromatic carbocycles. The first-order valence-electron chi connectivity index (χ1n) is 10.4. The van der Waals surface area contributed by atoms with Crippen molar-refractivity contribution in [1.29, 1.82) is 0 Å². The van der Waals surface area contributed by atoms with E-state index in [2.05, 4.69) is 20.5 Å². The number of aliphatic hydroxyl groups excluding tert-OH is 4. The van der Waals surface area contributed by atoms with Crippen molar-refractivity contribution >= 4 is 34.7 Å². The summed E-state index contributed by atoms with van der Waals surface area (Å²) in [7, 11) is 0. The van der Waals surface area contributed by atoms with Gasteiger partial charge in [-0.2, -0.15) is 0 Å². The topological polar surface area (TPSA) is 158 Å². The van der Waals surface area contributed by atoms with Gasteiger partial charge in [-0.1, -0.05) is 0 Å². The van der Waals surface area contributed by atoms with E-state index in [1.165, 1.54) is 6.42 Å². The van der Waals surface area contributed by atoms with Gasteiger partial charge in [0, 0.05) is 25.3 Å². The van der Waals surface area contributed by atoms with Crippen molar-refractivity contribution in [2.24, 2.45) is 4.99 Å². The smallest absolute Gasteiger partial charge is 0.323 e. The second kappa shape index (κ2) is 8.79. The summed E-state index contributed by atoms with van der Waals surface area (Å²) in [5.41, 5.74) is 2.08. The molecular weight excluding hydrogens is 406 g/mol. The molecule has 168 valence electrons. The lowest BCUT2D eigenvalue weighted by atomic mass is 10.0. The first-order valence-corrected chi connectivity index (χ1v) is 10.4. The van der Waals surface area contributed by atoms with Gasteiger partial charge in [0.15, 0.2) is 6.17 Å². The Morgan fingerprint density at radius 3 is 2.55 bits per heavy atom. The van der Waals surface area contributed by atoms with E-state index < -0.39 is 43.0 Å². The quantitative estimate of drug-likeness (QED) is 0.327. The number of carbonyl (C=O) groups excluding carboxylic acids is 2. The van der Waals surface area contributed by atoms with E-state index in [4.69, 9.17) is 5.11 Å². The molecule has 4 atom stereocenters. The predicted molar refractivity (Wildman–Crippen MR) is 113 cm³/mol. The molecule has 0 aromatic heterocycles. The molecule has 0 unspecified atom stereocenters. The molecule has 0 saturated carbocycles. The number of urea groups is 1. The Balaban J connectivity index is 1.71. The summed E-state index contributed by atoms with van der Waals surface area (Å²) in [6.07, 6.45) is -2.20. The highest BCUT2D eigenvalue weighted by atomic mass is 16.4. The summed E-state index contributed by atoms with van der Waals surface area (Å²) in [4.78, 5) is 32.6. The average Bonchev–Trinajstić information content (AvgIpc) is 2.78. The Hall–Kier alpha value is -2.73. The van der Waals surface area contributed by atoms with E-state index in [0.717, 1.165) is 31.6 Å². The monoisotopic (exact) mass is 433 g/mol. The number of hydrogen-bond donors (Lipinski definition) is 6. The number of rotatable bonds is 6. The van der Waals surface area contributed by atoms with E-state index in [-0.39, 0.29) is 12.3 Å². The highest BCUT2D eigenvalue weighted by molar-refractivity contribution is 6.46. The van der Waals surface area contributed by atoms with Gasteiger partial charge in [-0.25, -0.2) is 9.79 Å². The molecule has 1 aromatic rings. The van der Waals surface area contributed by atoms with Crippen LogP contribution in [0.1, 0.15) is 19.3 Å². The Morgan fingerprint density at radius 1 is 1.10 bits per heavy atom. The summed E-state index contributed by atoms with van der Waals surface area (Å²) < 4.78 is 0. The van der Waals surface area contributed by atoms with Crippen molar-refractivity contribution in [3.8, 4) is 0 Å². The highest BCUT2D eigenvalue weighted by Gasteiger charge is 2.41. The number of anilines is 2. The zero-order valence-electron chi connectivity index (χ0n) is 16.9. The lowest BCUT2D eigenvalue weighted by Gasteiger charge is -2.42. The van der Waals surface area contributed by atoms with Gasteiger partial charge < -0.3 is 35.5 Å². The Labute approximate surface area is 179 Å². The van der Waals surface area contributed by atoms with Crippen molar-refractivity contribution in [2.45, 2.75) is 43.7 Å². The van der Waals surface area contributed by atoms with Gasteiger partial charge in [-0.15, -0.1) is 0 Å². The first-order chi connectivity index (χ1) is 14.9. The lowest BCUT2D eigenvalue weighted by molar-refractivity contribution is -0.114. The molecule has 0 bridgehead atoms. The zero-order valence-corrected chi connectivity index (χ0v) is 16.9. The standard InChI is InChI=1S/C20H27N5O6/c26-10-15(28)17(29)14(27)9-25-13-8-11(24-6-2-1-3-7-24)4-5-12(13)21-16-18(25)22-20(31)23-19(16)30/h4-5,8,14-15,17-18,26-29H,1-3,6-7,9-10H2,(H2,22,23,30,31)/t14-,15+,17-,18-/m0/s1. The molecule has 11 nitrogen and oxygen atoms in total. The number of hydrogen-bond acceptors (Lipinski definition) is 9. The molecule has 3 aliphatic heterocycles. The molecule has 31 heavy (non-hydrogen) atoms. The van der Waals surface area contributed by atoms with Crippen LogP contribution in [0.5, 0.6) is 0 Å². The summed E-state index contributed by atoms with van der Waals surface area (Å²) in [5, 5.41) is 44.2. The van der Waals surface area contributed by atoms with Crippen LogP contribution in [0.25, 0.3) is 0 Å². The van der Waals surface area contributed by atoms with Crippen LogP contribution in [0.15, 0.2) is 23.2 Å². The van der Waals surface area contributed by atoms with Gasteiger partial charge in [0.2, 0.25) is 0 Å². The SMILES string of the molecule is O=C1NC(=O)C2=Nc3ccc(N4CCCCC4)cc3N(C[C@H](O)[C@H](O)[C@H](O)CO)[C@@H]2N1. The van der Waals surface area contributed by atoms with E-state index in [0.29, 0.717) is 11.4 Å². The molecule has 3 aliphatic rings. The van der Waals surface area contributed by atoms with Crippen LogP contribution in [-0.4, -0.2) is 88.8 Å². The number of aliphatic hydroxyl groups is 4. The number of aliphatic imine (C=N–C) groups is 1. The zero-order chi connectivity index (χ0) is 22.1. The maximum Gasteiger partial charge on any atom is 0.323 e. The second-order valence-corrected chi connectivity index (χ2v) is 8.01. The molecule has 6 N–H and O–H groups in total. The third kappa shape index (κ3) is 4.22. The van der Waals surface area contributed by atoms with Crippen molar-refractivity contribution in [1.82, 2.24) is 10.6 Å². The fourth-order valence-electron chi connectivity index (χ4n) is 4.19. The minimum atomic E-state index is -1.62. The first kappa shape index (κ1) is 21.5. The van der Waals surface area contributed by atoms with Crippen LogP contribution >= 0.6 is 0 Å². The van der Waals surface area contributed by atoms with E-state index in [1.807, 2.05) is 12.1 Å². The van der Waals surface area contributed by atoms with Gasteiger partial charge in [-0.3, -0.25) is 10.1 Å². The summed E-state index contributed by atoms with van der Waals surface area (Å²) in [6.45, 7) is 0.898. The van der Waals surface area contributed by atoms with Gasteiger partial charge in [0.05, 0.1) is 18.0 Å². The molecule has 4 rings (SSSR count). The lowest BCUT2D eigenvalue weighted by Crippen LogP contribution is -2.67. The van der Waals surface area contributed by atoms with Gasteiger partial charge in [-0.05, 0) is 37.5 Å². The summed E-state index contributed by atoms with van der Waals surface area (Å²) >= 11 is 0. The number of amides is 3. The Kier molecular flexibility index (Phi) is 6.10. The number of nitrogens with one attached hydrogen (secondary N) is 2. The third-order valence-corrected chi connectivity index (χ3v) is 5.89. The van der Waals surface area contributed by atoms with Crippen molar-refractivity contribution in [2.75, 3.05) is 36.0 Å². The Morgan fingerprint density at radius 2 is 1.84 bits per heavy atom. The average molecular weight is 433 g/mol. The van der Waals surface area contributed by atoms with Crippen LogP contribution in [0.3, 0.4) is 0 Å². The fraction of sp³-hybridized carbons (Fsp3) is 0.550. The van der Waals surface area contributed by atoms with Crippen molar-refractivity contribution in [3.63, 3.8) is 0 Å². The number of piperidine rings is 1. The molecule has 0 radical (unpaired) electrons. The number of carbonyl (C=O) groups is 2. The van der Waals surface area contributed by atoms with Gasteiger partial charge in [0.1, 0.15) is 24.0 Å². The molecule has 0 spiro atoms. The minimum absolute atomic E-state index is 0.0576. The molecule has 0 aliphatic carbocycles. The number of imide groups is 1. The van der Waals surface area contributed by atoms with E-state index in [1.54, 1.807) is 11.0 Å². The molecule has 11 heteroatoms. The second-order valence-electron chi connectivity index (χ2n) is 8.01. The van der Waals surface area contributed by atoms with Crippen LogP contribution in [0.2, 0.25) is 0 Å².